The summed E-state index contributed by atoms with van der Waals surface area (Å²) in [5.74, 6) is 0. The fraction of sp³-hybridized carbons (Fsp3) is 0. The minimum atomic E-state index is -0.404. The second-order valence-corrected chi connectivity index (χ2v) is 12.3. The molecular weight excluding hydrogens is 593 g/mol. The van der Waals surface area contributed by atoms with Gasteiger partial charge in [-0.1, -0.05) is 182 Å². The van der Waals surface area contributed by atoms with Crippen LogP contribution in [0.2, 0.25) is 0 Å². The Labute approximate surface area is 292 Å². The average molecular weight is 629 g/mol. The van der Waals surface area contributed by atoms with E-state index in [1.807, 2.05) is 121 Å². The van der Waals surface area contributed by atoms with Gasteiger partial charge in [0, 0.05) is 21.9 Å². The maximum absolute atomic E-state index is 9.86. The van der Waals surface area contributed by atoms with Gasteiger partial charge >= 0.3 is 0 Å². The first-order valence-electron chi connectivity index (χ1n) is 19.4. The van der Waals surface area contributed by atoms with Crippen LogP contribution < -0.4 is 0 Å². The van der Waals surface area contributed by atoms with Gasteiger partial charge in [0.25, 0.3) is 0 Å². The molecule has 228 valence electrons. The van der Waals surface area contributed by atoms with Gasteiger partial charge in [0.15, 0.2) is 0 Å². The van der Waals surface area contributed by atoms with Gasteiger partial charge in [-0.05, 0) is 65.7 Å². The lowest BCUT2D eigenvalue weighted by Crippen LogP contribution is -1.92. The van der Waals surface area contributed by atoms with E-state index < -0.39 is 12.1 Å². The van der Waals surface area contributed by atoms with Crippen molar-refractivity contribution in [3.63, 3.8) is 0 Å². The number of furan rings is 1. The van der Waals surface area contributed by atoms with Crippen LogP contribution in [0.15, 0.2) is 186 Å². The monoisotopic (exact) mass is 628 g/mol. The maximum Gasteiger partial charge on any atom is 0.143 e. The van der Waals surface area contributed by atoms with Crippen molar-refractivity contribution in [2.24, 2.45) is 0 Å². The van der Waals surface area contributed by atoms with Crippen LogP contribution in [0.5, 0.6) is 0 Å². The molecule has 0 saturated carbocycles. The molecule has 9 aromatic carbocycles. The van der Waals surface area contributed by atoms with E-state index in [0.29, 0.717) is 27.9 Å². The minimum Gasteiger partial charge on any atom is -0.455 e. The highest BCUT2D eigenvalue weighted by Crippen LogP contribution is 2.47. The van der Waals surface area contributed by atoms with Crippen molar-refractivity contribution in [2.75, 3.05) is 0 Å². The topological polar surface area (TPSA) is 13.1 Å². The van der Waals surface area contributed by atoms with Crippen LogP contribution in [0, 0.1) is 0 Å². The van der Waals surface area contributed by atoms with Crippen molar-refractivity contribution in [3.8, 4) is 44.5 Å². The lowest BCUT2D eigenvalue weighted by Gasteiger charge is -2.19. The summed E-state index contributed by atoms with van der Waals surface area (Å²) in [6, 6.07) is 46.1. The van der Waals surface area contributed by atoms with Crippen LogP contribution >= 0.6 is 0 Å². The summed E-state index contributed by atoms with van der Waals surface area (Å²) in [5.41, 5.74) is 6.79. The van der Waals surface area contributed by atoms with E-state index in [2.05, 4.69) is 24.3 Å². The zero-order valence-electron chi connectivity index (χ0n) is 32.3. The van der Waals surface area contributed by atoms with Crippen LogP contribution in [0.25, 0.3) is 98.8 Å². The molecular formula is C48H30O. The second kappa shape index (κ2) is 11.1. The largest absolute Gasteiger partial charge is 0.455 e. The Hall–Kier alpha value is -6.44. The standard InChI is InChI=1S/C48H30O/c1-3-15-31(16-4-1)33-25-13-27-43-44-28-14-26-42(48(44)49-47(33)43)36-29-30-41(35-20-8-7-19-34(35)36)46-39-23-11-9-21-37(39)45(32-17-5-2-6-18-32)38-22-10-12-24-40(38)46/h1-30H/i7D,8D,19D,20D,29D,30D. The lowest BCUT2D eigenvalue weighted by molar-refractivity contribution is 0.671. The Kier molecular flexibility index (Phi) is 5.02. The number of para-hydroxylation sites is 2. The molecule has 1 heterocycles. The number of hydrogen-bond acceptors (Lipinski definition) is 1. The SMILES string of the molecule is [2H]c1c([2H])c([2H])c2c(-c3cccc4c3oc3c(-c5ccccc5)cccc34)c([2H])c([2H])c(-c3c4ccccc4c(-c4ccccc4)c4ccccc34)c2c1[2H]. The third kappa shape index (κ3) is 4.26. The van der Waals surface area contributed by atoms with Crippen molar-refractivity contribution in [2.45, 2.75) is 0 Å². The summed E-state index contributed by atoms with van der Waals surface area (Å²) < 4.78 is 63.0. The summed E-state index contributed by atoms with van der Waals surface area (Å²) in [6.45, 7) is 0. The van der Waals surface area contributed by atoms with Gasteiger partial charge in [0.05, 0.1) is 8.22 Å². The summed E-state index contributed by atoms with van der Waals surface area (Å²) in [4.78, 5) is 0. The molecule has 0 bridgehead atoms. The van der Waals surface area contributed by atoms with Gasteiger partial charge in [-0.3, -0.25) is 0 Å². The van der Waals surface area contributed by atoms with Crippen LogP contribution in [-0.2, 0) is 0 Å². The van der Waals surface area contributed by atoms with E-state index in [0.717, 1.165) is 54.6 Å². The van der Waals surface area contributed by atoms with Crippen LogP contribution in [0.4, 0.5) is 0 Å². The highest BCUT2D eigenvalue weighted by Gasteiger charge is 2.21. The molecule has 0 radical (unpaired) electrons. The Morgan fingerprint density at radius 1 is 0.306 bits per heavy atom. The van der Waals surface area contributed by atoms with Crippen LogP contribution in [0.3, 0.4) is 0 Å². The second-order valence-electron chi connectivity index (χ2n) is 12.3. The number of rotatable bonds is 4. The molecule has 10 aromatic rings. The van der Waals surface area contributed by atoms with Gasteiger partial charge in [0.2, 0.25) is 0 Å². The number of hydrogen-bond donors (Lipinski definition) is 0. The van der Waals surface area contributed by atoms with Gasteiger partial charge in [-0.2, -0.15) is 0 Å². The number of benzene rings is 9. The molecule has 49 heavy (non-hydrogen) atoms. The quantitative estimate of drug-likeness (QED) is 0.177. The third-order valence-corrected chi connectivity index (χ3v) is 9.62. The molecule has 0 saturated heterocycles. The Morgan fingerprint density at radius 3 is 1.37 bits per heavy atom. The summed E-state index contributed by atoms with van der Waals surface area (Å²) in [6.07, 6.45) is 0. The molecule has 0 aliphatic carbocycles. The smallest absolute Gasteiger partial charge is 0.143 e. The zero-order chi connectivity index (χ0) is 37.5. The fourth-order valence-electron chi connectivity index (χ4n) is 7.50. The first-order valence-corrected chi connectivity index (χ1v) is 16.4. The molecule has 1 heteroatoms. The highest BCUT2D eigenvalue weighted by molar-refractivity contribution is 6.24. The van der Waals surface area contributed by atoms with E-state index in [1.165, 1.54) is 0 Å². The molecule has 0 spiro atoms. The molecule has 0 aliphatic heterocycles. The third-order valence-electron chi connectivity index (χ3n) is 9.62. The molecule has 0 atom stereocenters. The van der Waals surface area contributed by atoms with E-state index in [-0.39, 0.29) is 40.5 Å². The lowest BCUT2D eigenvalue weighted by atomic mass is 9.84. The molecule has 0 fully saturated rings. The van der Waals surface area contributed by atoms with E-state index in [9.17, 15) is 5.48 Å². The zero-order valence-corrected chi connectivity index (χ0v) is 26.3. The highest BCUT2D eigenvalue weighted by atomic mass is 16.3. The molecule has 1 nitrogen and oxygen atoms in total. The van der Waals surface area contributed by atoms with Crippen molar-refractivity contribution in [1.82, 2.24) is 0 Å². The van der Waals surface area contributed by atoms with Gasteiger partial charge in [-0.25, -0.2) is 0 Å². The number of fused-ring (bicyclic) bond motifs is 6. The molecule has 10 rings (SSSR count). The predicted octanol–water partition coefficient (Wildman–Crippen LogP) is 13.7. The van der Waals surface area contributed by atoms with Crippen LogP contribution in [0.1, 0.15) is 8.22 Å². The van der Waals surface area contributed by atoms with Crippen molar-refractivity contribution >= 4 is 54.3 Å². The van der Waals surface area contributed by atoms with Crippen molar-refractivity contribution in [1.29, 1.82) is 0 Å². The van der Waals surface area contributed by atoms with Crippen molar-refractivity contribution < 1.29 is 12.6 Å². The first-order chi connectivity index (χ1) is 26.8. The van der Waals surface area contributed by atoms with Gasteiger partial charge in [-0.15, -0.1) is 0 Å². The normalized spacial score (nSPS) is 13.4. The maximum atomic E-state index is 9.86. The van der Waals surface area contributed by atoms with E-state index in [4.69, 9.17) is 7.16 Å². The molecule has 1 aromatic heterocycles. The Bertz CT molecular complexity index is 3150. The molecule has 0 amide bonds. The van der Waals surface area contributed by atoms with E-state index in [1.54, 1.807) is 0 Å². The Balaban J connectivity index is 1.37. The van der Waals surface area contributed by atoms with Gasteiger partial charge in [0.1, 0.15) is 11.2 Å². The molecule has 0 N–H and O–H groups in total. The van der Waals surface area contributed by atoms with Crippen molar-refractivity contribution in [3.05, 3.63) is 182 Å². The van der Waals surface area contributed by atoms with Crippen LogP contribution in [-0.4, -0.2) is 0 Å². The average Bonchev–Trinajstić information content (AvgIpc) is 3.62. The minimum absolute atomic E-state index is 0.131. The summed E-state index contributed by atoms with van der Waals surface area (Å²) >= 11 is 0. The fourth-order valence-corrected chi connectivity index (χ4v) is 7.50. The predicted molar refractivity (Wildman–Crippen MR) is 208 cm³/mol. The molecule has 0 unspecified atom stereocenters. The summed E-state index contributed by atoms with van der Waals surface area (Å²) in [7, 11) is 0. The first kappa shape index (κ1) is 22.2. The summed E-state index contributed by atoms with van der Waals surface area (Å²) in [5, 5.41) is 5.59. The molecule has 0 aliphatic rings. The van der Waals surface area contributed by atoms with Gasteiger partial charge < -0.3 is 4.42 Å². The Morgan fingerprint density at radius 2 is 0.755 bits per heavy atom. The van der Waals surface area contributed by atoms with E-state index >= 15 is 0 Å².